The number of amides is 2. The zero-order chi connectivity index (χ0) is 14.4. The molecule has 1 saturated heterocycles. The Kier molecular flexibility index (Phi) is 3.95. The largest absolute Gasteiger partial charge is 0.274 e. The van der Waals surface area contributed by atoms with E-state index >= 15 is 0 Å². The molecule has 0 aromatic heterocycles. The molecule has 0 radical (unpaired) electrons. The first kappa shape index (κ1) is 14.5. The molecule has 2 amide bonds. The summed E-state index contributed by atoms with van der Waals surface area (Å²) in [6.07, 6.45) is 1.38. The second-order valence-corrected chi connectivity index (χ2v) is 7.99. The van der Waals surface area contributed by atoms with E-state index in [9.17, 15) is 9.59 Å². The molecule has 1 aromatic carbocycles. The van der Waals surface area contributed by atoms with Gasteiger partial charge >= 0.3 is 0 Å². The van der Waals surface area contributed by atoms with Gasteiger partial charge in [0.05, 0.1) is 17.5 Å². The molecule has 106 valence electrons. The van der Waals surface area contributed by atoms with E-state index in [-0.39, 0.29) is 33.3 Å². The molecule has 1 aliphatic carbocycles. The highest BCUT2D eigenvalue weighted by atomic mass is 79.9. The van der Waals surface area contributed by atoms with Crippen molar-refractivity contribution < 1.29 is 9.59 Å². The maximum atomic E-state index is 12.5. The molecule has 2 aliphatic rings. The Morgan fingerprint density at radius 2 is 1.40 bits per heavy atom. The molecule has 1 aromatic rings. The summed E-state index contributed by atoms with van der Waals surface area (Å²) >= 11 is 13.0. The number of alkyl halides is 2. The molecule has 1 heterocycles. The van der Waals surface area contributed by atoms with Crippen LogP contribution < -0.4 is 4.90 Å². The monoisotopic (exact) mass is 419 g/mol. The number of carbonyl (C=O) groups excluding carboxylic acids is 2. The van der Waals surface area contributed by atoms with Crippen molar-refractivity contribution in [3.63, 3.8) is 0 Å². The fraction of sp³-hybridized carbons (Fsp3) is 0.429. The highest BCUT2D eigenvalue weighted by Crippen LogP contribution is 2.44. The first-order valence-corrected chi connectivity index (χ1v) is 8.61. The third kappa shape index (κ3) is 2.34. The Balaban J connectivity index is 1.93. The lowest BCUT2D eigenvalue weighted by Crippen LogP contribution is -2.34. The molecule has 1 saturated carbocycles. The molecule has 4 atom stereocenters. The standard InChI is InChI=1S/C14H12Br2ClNO2/c15-11-5-9-10(6-12(11)16)14(20)18(13(9)19)8-3-1-7(17)2-4-8/h1-4,9-12H,5-6H2/t9-,10+,11-,12-/m1/s1. The fourth-order valence-electron chi connectivity index (χ4n) is 2.94. The van der Waals surface area contributed by atoms with Gasteiger partial charge in [0.1, 0.15) is 0 Å². The van der Waals surface area contributed by atoms with Gasteiger partial charge in [0.25, 0.3) is 0 Å². The zero-order valence-corrected chi connectivity index (χ0v) is 14.4. The number of benzene rings is 1. The lowest BCUT2D eigenvalue weighted by molar-refractivity contribution is -0.122. The topological polar surface area (TPSA) is 37.4 Å². The molecule has 0 unspecified atom stereocenters. The summed E-state index contributed by atoms with van der Waals surface area (Å²) in [6, 6.07) is 6.82. The third-order valence-corrected chi connectivity index (χ3v) is 6.98. The maximum absolute atomic E-state index is 12.5. The predicted molar refractivity (Wildman–Crippen MR) is 85.6 cm³/mol. The highest BCUT2D eigenvalue weighted by molar-refractivity contribution is 9.12. The molecular formula is C14H12Br2ClNO2. The number of imide groups is 1. The summed E-state index contributed by atoms with van der Waals surface area (Å²) in [7, 11) is 0. The number of carbonyl (C=O) groups is 2. The van der Waals surface area contributed by atoms with Crippen molar-refractivity contribution in [2.24, 2.45) is 11.8 Å². The van der Waals surface area contributed by atoms with E-state index in [0.29, 0.717) is 23.6 Å². The van der Waals surface area contributed by atoms with Gasteiger partial charge in [-0.05, 0) is 37.1 Å². The molecule has 0 spiro atoms. The summed E-state index contributed by atoms with van der Waals surface area (Å²) in [5, 5.41) is 0.589. The highest BCUT2D eigenvalue weighted by Gasteiger charge is 2.52. The van der Waals surface area contributed by atoms with E-state index in [1.807, 2.05) is 0 Å². The van der Waals surface area contributed by atoms with Crippen molar-refractivity contribution in [2.45, 2.75) is 22.5 Å². The quantitative estimate of drug-likeness (QED) is 0.511. The molecular weight excluding hydrogens is 409 g/mol. The Hall–Kier alpha value is -0.390. The second kappa shape index (κ2) is 5.43. The summed E-state index contributed by atoms with van der Waals surface area (Å²) in [5.41, 5.74) is 0.607. The minimum atomic E-state index is -0.212. The molecule has 0 N–H and O–H groups in total. The van der Waals surface area contributed by atoms with Crippen LogP contribution in [0.4, 0.5) is 5.69 Å². The third-order valence-electron chi connectivity index (χ3n) is 4.00. The Labute approximate surface area is 138 Å². The number of rotatable bonds is 1. The van der Waals surface area contributed by atoms with Crippen LogP contribution in [0.3, 0.4) is 0 Å². The summed E-state index contributed by atoms with van der Waals surface area (Å²) < 4.78 is 0. The van der Waals surface area contributed by atoms with E-state index in [1.165, 1.54) is 4.90 Å². The van der Waals surface area contributed by atoms with E-state index < -0.39 is 0 Å². The molecule has 0 bridgehead atoms. The summed E-state index contributed by atoms with van der Waals surface area (Å²) in [4.78, 5) is 26.8. The number of hydrogen-bond donors (Lipinski definition) is 0. The van der Waals surface area contributed by atoms with Crippen molar-refractivity contribution in [1.29, 1.82) is 0 Å². The van der Waals surface area contributed by atoms with Crippen LogP contribution in [0.15, 0.2) is 24.3 Å². The lowest BCUT2D eigenvalue weighted by Gasteiger charge is -2.29. The fourth-order valence-corrected chi connectivity index (χ4v) is 4.30. The SMILES string of the molecule is O=C1[C@H]2C[C@@H](Br)[C@H](Br)C[C@H]2C(=O)N1c1ccc(Cl)cc1. The van der Waals surface area contributed by atoms with Gasteiger partial charge in [-0.2, -0.15) is 0 Å². The van der Waals surface area contributed by atoms with Crippen LogP contribution in [-0.2, 0) is 9.59 Å². The van der Waals surface area contributed by atoms with Crippen LogP contribution in [0.2, 0.25) is 5.02 Å². The average Bonchev–Trinajstić information content (AvgIpc) is 2.65. The Bertz CT molecular complexity index is 535. The summed E-state index contributed by atoms with van der Waals surface area (Å²) in [5.74, 6) is -0.606. The van der Waals surface area contributed by atoms with Crippen molar-refractivity contribution in [3.05, 3.63) is 29.3 Å². The smallest absolute Gasteiger partial charge is 0.237 e. The number of nitrogens with zero attached hydrogens (tertiary/aromatic N) is 1. The van der Waals surface area contributed by atoms with Gasteiger partial charge in [0.15, 0.2) is 0 Å². The minimum Gasteiger partial charge on any atom is -0.274 e. The van der Waals surface area contributed by atoms with Crippen LogP contribution in [0, 0.1) is 11.8 Å². The van der Waals surface area contributed by atoms with Gasteiger partial charge in [0, 0.05) is 14.7 Å². The van der Waals surface area contributed by atoms with Gasteiger partial charge in [-0.1, -0.05) is 43.5 Å². The number of halogens is 3. The molecule has 1 aliphatic heterocycles. The van der Waals surface area contributed by atoms with Crippen molar-refractivity contribution in [3.8, 4) is 0 Å². The van der Waals surface area contributed by atoms with Gasteiger partial charge in [0.2, 0.25) is 11.8 Å². The van der Waals surface area contributed by atoms with Crippen LogP contribution in [-0.4, -0.2) is 21.5 Å². The van der Waals surface area contributed by atoms with E-state index in [2.05, 4.69) is 31.9 Å². The normalized spacial score (nSPS) is 33.5. The van der Waals surface area contributed by atoms with Crippen molar-refractivity contribution >= 4 is 61.0 Å². The molecule has 3 nitrogen and oxygen atoms in total. The summed E-state index contributed by atoms with van der Waals surface area (Å²) in [6.45, 7) is 0. The first-order chi connectivity index (χ1) is 9.49. The van der Waals surface area contributed by atoms with Crippen LogP contribution >= 0.6 is 43.5 Å². The van der Waals surface area contributed by atoms with E-state index in [1.54, 1.807) is 24.3 Å². The maximum Gasteiger partial charge on any atom is 0.237 e. The van der Waals surface area contributed by atoms with E-state index in [0.717, 1.165) is 0 Å². The number of hydrogen-bond acceptors (Lipinski definition) is 2. The van der Waals surface area contributed by atoms with Gasteiger partial charge < -0.3 is 0 Å². The lowest BCUT2D eigenvalue weighted by atomic mass is 9.81. The second-order valence-electron chi connectivity index (χ2n) is 5.20. The first-order valence-electron chi connectivity index (χ1n) is 6.40. The predicted octanol–water partition coefficient (Wildman–Crippen LogP) is 3.77. The number of anilines is 1. The number of fused-ring (bicyclic) bond motifs is 1. The van der Waals surface area contributed by atoms with Gasteiger partial charge in [-0.25, -0.2) is 0 Å². The van der Waals surface area contributed by atoms with Crippen LogP contribution in [0.25, 0.3) is 0 Å². The zero-order valence-electron chi connectivity index (χ0n) is 10.4. The van der Waals surface area contributed by atoms with Crippen molar-refractivity contribution in [2.75, 3.05) is 4.90 Å². The Morgan fingerprint density at radius 1 is 0.950 bits per heavy atom. The van der Waals surface area contributed by atoms with Gasteiger partial charge in [-0.3, -0.25) is 14.5 Å². The average molecular weight is 422 g/mol. The van der Waals surface area contributed by atoms with Crippen LogP contribution in [0.1, 0.15) is 12.8 Å². The molecule has 6 heteroatoms. The minimum absolute atomic E-state index is 0.0915. The molecule has 2 fully saturated rings. The van der Waals surface area contributed by atoms with Gasteiger partial charge in [-0.15, -0.1) is 0 Å². The van der Waals surface area contributed by atoms with E-state index in [4.69, 9.17) is 11.6 Å². The molecule has 20 heavy (non-hydrogen) atoms. The molecule has 3 rings (SSSR count). The Morgan fingerprint density at radius 3 is 1.85 bits per heavy atom. The van der Waals surface area contributed by atoms with Crippen molar-refractivity contribution in [1.82, 2.24) is 0 Å². The van der Waals surface area contributed by atoms with Crippen LogP contribution in [0.5, 0.6) is 0 Å².